The first-order valence-electron chi connectivity index (χ1n) is 5.12. The highest BCUT2D eigenvalue weighted by Crippen LogP contribution is 2.14. The maximum absolute atomic E-state index is 10.9. The maximum atomic E-state index is 10.9. The molecule has 0 radical (unpaired) electrons. The molecule has 0 aliphatic heterocycles. The molecule has 0 atom stereocenters. The third-order valence-electron chi connectivity index (χ3n) is 2.11. The second-order valence-corrected chi connectivity index (χ2v) is 3.41. The molecule has 17 heavy (non-hydrogen) atoms. The summed E-state index contributed by atoms with van der Waals surface area (Å²) >= 11 is 0. The van der Waals surface area contributed by atoms with Gasteiger partial charge < -0.3 is 14.6 Å². The molecule has 0 bridgehead atoms. The lowest BCUT2D eigenvalue weighted by Gasteiger charge is -2.06. The molecule has 0 saturated carbocycles. The van der Waals surface area contributed by atoms with Crippen LogP contribution in [-0.4, -0.2) is 30.8 Å². The zero-order valence-corrected chi connectivity index (χ0v) is 9.51. The molecule has 0 amide bonds. The molecular formula is C12H14O5. The van der Waals surface area contributed by atoms with Gasteiger partial charge in [-0.15, -0.1) is 0 Å². The molecule has 0 aliphatic rings. The van der Waals surface area contributed by atoms with Crippen LogP contribution in [0.15, 0.2) is 24.3 Å². The number of rotatable bonds is 6. The molecule has 0 aromatic heterocycles. The molecule has 0 fully saturated rings. The number of carbonyl (C=O) groups is 2. The summed E-state index contributed by atoms with van der Waals surface area (Å²) in [5.41, 5.74) is 0.856. The lowest BCUT2D eigenvalue weighted by atomic mass is 10.1. The summed E-state index contributed by atoms with van der Waals surface area (Å²) in [5.74, 6) is -0.773. The molecule has 0 heterocycles. The third-order valence-corrected chi connectivity index (χ3v) is 2.11. The molecule has 5 heteroatoms. The van der Waals surface area contributed by atoms with Crippen molar-refractivity contribution < 1.29 is 24.2 Å². The van der Waals surface area contributed by atoms with E-state index in [2.05, 4.69) is 4.74 Å². The Morgan fingerprint density at radius 1 is 1.35 bits per heavy atom. The number of hydrogen-bond acceptors (Lipinski definition) is 4. The van der Waals surface area contributed by atoms with Gasteiger partial charge in [-0.3, -0.25) is 4.79 Å². The van der Waals surface area contributed by atoms with Crippen LogP contribution in [0.2, 0.25) is 0 Å². The Balaban J connectivity index is 2.53. The average Bonchev–Trinajstić information content (AvgIpc) is 2.34. The molecule has 1 aromatic rings. The normalized spacial score (nSPS) is 9.71. The molecule has 1 N–H and O–H groups in total. The van der Waals surface area contributed by atoms with Crippen molar-refractivity contribution in [2.24, 2.45) is 0 Å². The van der Waals surface area contributed by atoms with Crippen molar-refractivity contribution in [1.82, 2.24) is 0 Å². The van der Waals surface area contributed by atoms with Gasteiger partial charge in [-0.25, -0.2) is 4.79 Å². The molecule has 0 aliphatic carbocycles. The van der Waals surface area contributed by atoms with Gasteiger partial charge in [-0.1, -0.05) is 12.1 Å². The summed E-state index contributed by atoms with van der Waals surface area (Å²) in [7, 11) is 1.29. The van der Waals surface area contributed by atoms with E-state index in [-0.39, 0.29) is 13.0 Å². The number of esters is 1. The fraction of sp³-hybridized carbons (Fsp3) is 0.333. The predicted molar refractivity (Wildman–Crippen MR) is 59.9 cm³/mol. The Kier molecular flexibility index (Phi) is 5.00. The van der Waals surface area contributed by atoms with Crippen molar-refractivity contribution in [3.8, 4) is 5.75 Å². The number of benzene rings is 1. The summed E-state index contributed by atoms with van der Waals surface area (Å²) in [6.45, 7) is -0.154. The first-order valence-corrected chi connectivity index (χ1v) is 5.12. The van der Waals surface area contributed by atoms with Gasteiger partial charge >= 0.3 is 11.9 Å². The van der Waals surface area contributed by atoms with Crippen molar-refractivity contribution in [2.75, 3.05) is 13.7 Å². The standard InChI is InChI=1S/C12H14O5/c1-16-12(15)8-17-10-4-2-3-9(7-10)5-6-11(13)14/h2-4,7H,5-6,8H2,1H3,(H,13,14). The first-order chi connectivity index (χ1) is 8.11. The monoisotopic (exact) mass is 238 g/mol. The molecule has 1 rings (SSSR count). The highest BCUT2D eigenvalue weighted by Gasteiger charge is 2.03. The van der Waals surface area contributed by atoms with E-state index in [0.29, 0.717) is 12.2 Å². The van der Waals surface area contributed by atoms with E-state index in [9.17, 15) is 9.59 Å². The number of carbonyl (C=O) groups excluding carboxylic acids is 1. The zero-order valence-electron chi connectivity index (χ0n) is 9.51. The largest absolute Gasteiger partial charge is 0.482 e. The van der Waals surface area contributed by atoms with Crippen molar-refractivity contribution in [3.05, 3.63) is 29.8 Å². The maximum Gasteiger partial charge on any atom is 0.343 e. The van der Waals surface area contributed by atoms with E-state index in [1.807, 2.05) is 6.07 Å². The van der Waals surface area contributed by atoms with E-state index in [4.69, 9.17) is 9.84 Å². The van der Waals surface area contributed by atoms with Gasteiger partial charge in [0.2, 0.25) is 0 Å². The van der Waals surface area contributed by atoms with E-state index < -0.39 is 11.9 Å². The summed E-state index contributed by atoms with van der Waals surface area (Å²) in [4.78, 5) is 21.3. The van der Waals surface area contributed by atoms with Crippen molar-refractivity contribution in [3.63, 3.8) is 0 Å². The Morgan fingerprint density at radius 3 is 2.76 bits per heavy atom. The van der Waals surface area contributed by atoms with Crippen LogP contribution in [-0.2, 0) is 20.7 Å². The van der Waals surface area contributed by atoms with Gasteiger partial charge in [0.25, 0.3) is 0 Å². The van der Waals surface area contributed by atoms with Crippen molar-refractivity contribution in [1.29, 1.82) is 0 Å². The third kappa shape index (κ3) is 5.01. The van der Waals surface area contributed by atoms with Gasteiger partial charge in [0, 0.05) is 6.42 Å². The number of ether oxygens (including phenoxy) is 2. The molecule has 5 nitrogen and oxygen atoms in total. The molecule has 0 saturated heterocycles. The summed E-state index contributed by atoms with van der Waals surface area (Å²) < 4.78 is 9.62. The lowest BCUT2D eigenvalue weighted by Crippen LogP contribution is -2.12. The number of hydrogen-bond donors (Lipinski definition) is 1. The van der Waals surface area contributed by atoms with Gasteiger partial charge in [0.05, 0.1) is 7.11 Å². The van der Waals surface area contributed by atoms with E-state index >= 15 is 0 Å². The minimum absolute atomic E-state index is 0.0699. The smallest absolute Gasteiger partial charge is 0.343 e. The second kappa shape index (κ2) is 6.52. The zero-order chi connectivity index (χ0) is 12.7. The molecule has 0 spiro atoms. The van der Waals surface area contributed by atoms with Gasteiger partial charge in [0.1, 0.15) is 5.75 Å². The fourth-order valence-electron chi connectivity index (χ4n) is 1.24. The average molecular weight is 238 g/mol. The number of carboxylic acids is 1. The van der Waals surface area contributed by atoms with Gasteiger partial charge in [-0.2, -0.15) is 0 Å². The highest BCUT2D eigenvalue weighted by molar-refractivity contribution is 5.70. The number of aryl methyl sites for hydroxylation is 1. The van der Waals surface area contributed by atoms with E-state index in [0.717, 1.165) is 5.56 Å². The molecule has 1 aromatic carbocycles. The Bertz CT molecular complexity index is 400. The Morgan fingerprint density at radius 2 is 2.12 bits per heavy atom. The van der Waals surface area contributed by atoms with Gasteiger partial charge in [0.15, 0.2) is 6.61 Å². The predicted octanol–water partition coefficient (Wildman–Crippen LogP) is 1.26. The molecule has 92 valence electrons. The van der Waals surface area contributed by atoms with Crippen LogP contribution in [0.3, 0.4) is 0 Å². The van der Waals surface area contributed by atoms with Crippen LogP contribution in [0.25, 0.3) is 0 Å². The minimum atomic E-state index is -0.842. The minimum Gasteiger partial charge on any atom is -0.482 e. The molecule has 0 unspecified atom stereocenters. The fourth-order valence-corrected chi connectivity index (χ4v) is 1.24. The van der Waals surface area contributed by atoms with Crippen LogP contribution in [0, 0.1) is 0 Å². The van der Waals surface area contributed by atoms with Gasteiger partial charge in [-0.05, 0) is 24.1 Å². The van der Waals surface area contributed by atoms with Crippen LogP contribution < -0.4 is 4.74 Å². The van der Waals surface area contributed by atoms with Crippen molar-refractivity contribution in [2.45, 2.75) is 12.8 Å². The lowest BCUT2D eigenvalue weighted by molar-refractivity contribution is -0.143. The SMILES string of the molecule is COC(=O)COc1cccc(CCC(=O)O)c1. The van der Waals surface area contributed by atoms with Crippen molar-refractivity contribution >= 4 is 11.9 Å². The first kappa shape index (κ1) is 13.0. The Labute approximate surface area is 99.0 Å². The van der Waals surface area contributed by atoms with Crippen LogP contribution in [0.4, 0.5) is 0 Å². The van der Waals surface area contributed by atoms with E-state index in [1.54, 1.807) is 18.2 Å². The number of methoxy groups -OCH3 is 1. The quantitative estimate of drug-likeness (QED) is 0.755. The second-order valence-electron chi connectivity index (χ2n) is 3.41. The molecular weight excluding hydrogens is 224 g/mol. The number of aliphatic carboxylic acids is 1. The van der Waals surface area contributed by atoms with Crippen LogP contribution >= 0.6 is 0 Å². The van der Waals surface area contributed by atoms with Crippen LogP contribution in [0.1, 0.15) is 12.0 Å². The summed E-state index contributed by atoms with van der Waals surface area (Å²) in [5, 5.41) is 8.56. The van der Waals surface area contributed by atoms with Crippen LogP contribution in [0.5, 0.6) is 5.75 Å². The topological polar surface area (TPSA) is 72.8 Å². The number of carboxylic acid groups (broad SMARTS) is 1. The highest BCUT2D eigenvalue weighted by atomic mass is 16.6. The Hall–Kier alpha value is -2.04. The van der Waals surface area contributed by atoms with E-state index in [1.165, 1.54) is 7.11 Å². The summed E-state index contributed by atoms with van der Waals surface area (Å²) in [6.07, 6.45) is 0.505. The summed E-state index contributed by atoms with van der Waals surface area (Å²) in [6, 6.07) is 6.98.